The lowest BCUT2D eigenvalue weighted by Crippen LogP contribution is -2.13. The van der Waals surface area contributed by atoms with Crippen LogP contribution in [0.3, 0.4) is 0 Å². The molecule has 0 amide bonds. The number of nitrogens with zero attached hydrogens (tertiary/aromatic N) is 1. The molecule has 0 radical (unpaired) electrons. The van der Waals surface area contributed by atoms with Gasteiger partial charge < -0.3 is 0 Å². The number of hydrogen-bond donors (Lipinski definition) is 1. The Hall–Kier alpha value is -0.630. The first-order valence-electron chi connectivity index (χ1n) is 4.98. The topological polar surface area (TPSA) is 59.1 Å². The van der Waals surface area contributed by atoms with Crippen molar-refractivity contribution in [2.75, 3.05) is 4.72 Å². The number of aromatic nitrogens is 1. The normalized spacial score (nSPS) is 11.3. The Balaban J connectivity index is 2.37. The first kappa shape index (κ1) is 14.8. The molecule has 1 N–H and O–H groups in total. The first-order chi connectivity index (χ1) is 8.90. The lowest BCUT2D eigenvalue weighted by atomic mass is 10.4. The molecule has 2 aromatic rings. The number of rotatable bonds is 3. The Kier molecular flexibility index (Phi) is 4.50. The molecule has 1 aromatic carbocycles. The molecule has 0 unspecified atom stereocenters. The zero-order valence-electron chi connectivity index (χ0n) is 9.27. The largest absolute Gasteiger partial charge is 0.278 e. The van der Waals surface area contributed by atoms with Gasteiger partial charge in [0.25, 0.3) is 10.0 Å². The Labute approximate surface area is 132 Å². The molecule has 4 nitrogen and oxygen atoms in total. The number of pyridine rings is 1. The van der Waals surface area contributed by atoms with Crippen molar-refractivity contribution in [3.05, 3.63) is 50.6 Å². The molecule has 0 bridgehead atoms. The van der Waals surface area contributed by atoms with Crippen LogP contribution in [0.25, 0.3) is 0 Å². The molecule has 0 spiro atoms. The maximum absolute atomic E-state index is 12.2. The molecule has 19 heavy (non-hydrogen) atoms. The van der Waals surface area contributed by atoms with Crippen molar-refractivity contribution in [3.8, 4) is 0 Å². The summed E-state index contributed by atoms with van der Waals surface area (Å²) in [5.41, 5.74) is 0.326. The van der Waals surface area contributed by atoms with Crippen LogP contribution in [0.2, 0.25) is 5.15 Å². The second kappa shape index (κ2) is 5.78. The highest BCUT2D eigenvalue weighted by molar-refractivity contribution is 9.10. The van der Waals surface area contributed by atoms with E-state index in [-0.39, 0.29) is 10.0 Å². The summed E-state index contributed by atoms with van der Waals surface area (Å²) >= 11 is 12.1. The molecule has 0 saturated heterocycles. The van der Waals surface area contributed by atoms with Crippen LogP contribution in [0, 0.1) is 0 Å². The summed E-state index contributed by atoms with van der Waals surface area (Å²) in [4.78, 5) is 4.01. The van der Waals surface area contributed by atoms with E-state index in [4.69, 9.17) is 11.6 Å². The minimum atomic E-state index is -3.67. The van der Waals surface area contributed by atoms with Crippen molar-refractivity contribution in [1.82, 2.24) is 4.98 Å². The lowest BCUT2D eigenvalue weighted by molar-refractivity contribution is 0.600. The SMILES string of the molecule is O=S(=O)(Nc1cnc(Cl)c(Br)c1)c1ccccc1Br. The lowest BCUT2D eigenvalue weighted by Gasteiger charge is -2.09. The van der Waals surface area contributed by atoms with Crippen LogP contribution in [0.15, 0.2) is 50.4 Å². The fourth-order valence-corrected chi connectivity index (χ4v) is 3.84. The van der Waals surface area contributed by atoms with Crippen molar-refractivity contribution in [2.45, 2.75) is 4.90 Å². The molecule has 1 aromatic heterocycles. The third-order valence-corrected chi connectivity index (χ3v) is 5.70. The van der Waals surface area contributed by atoms with Gasteiger partial charge in [-0.3, -0.25) is 4.72 Å². The maximum atomic E-state index is 12.2. The maximum Gasteiger partial charge on any atom is 0.263 e. The van der Waals surface area contributed by atoms with E-state index in [1.165, 1.54) is 12.3 Å². The van der Waals surface area contributed by atoms with Crippen LogP contribution in [0.1, 0.15) is 0 Å². The van der Waals surface area contributed by atoms with Crippen LogP contribution >= 0.6 is 43.5 Å². The summed E-state index contributed by atoms with van der Waals surface area (Å²) in [5, 5.41) is 0.267. The summed E-state index contributed by atoms with van der Waals surface area (Å²) in [6, 6.07) is 8.10. The van der Waals surface area contributed by atoms with E-state index in [9.17, 15) is 8.42 Å². The molecule has 100 valence electrons. The average Bonchev–Trinajstić information content (AvgIpc) is 2.34. The quantitative estimate of drug-likeness (QED) is 0.753. The summed E-state index contributed by atoms with van der Waals surface area (Å²) in [7, 11) is -3.67. The van der Waals surface area contributed by atoms with E-state index < -0.39 is 10.0 Å². The number of anilines is 1. The molecule has 8 heteroatoms. The highest BCUT2D eigenvalue weighted by Gasteiger charge is 2.17. The van der Waals surface area contributed by atoms with Gasteiger partial charge in [-0.05, 0) is 50.1 Å². The molecular weight excluding hydrogens is 419 g/mol. The summed E-state index contributed by atoms with van der Waals surface area (Å²) in [6.45, 7) is 0. The molecule has 0 saturated carbocycles. The smallest absolute Gasteiger partial charge is 0.263 e. The standard InChI is InChI=1S/C11H7Br2ClN2O2S/c12-8-3-1-2-4-10(8)19(17,18)16-7-5-9(13)11(14)15-6-7/h1-6,16H. The average molecular weight is 427 g/mol. The van der Waals surface area contributed by atoms with Gasteiger partial charge in [0, 0.05) is 4.47 Å². The summed E-state index contributed by atoms with van der Waals surface area (Å²) in [5.74, 6) is 0. The van der Waals surface area contributed by atoms with Crippen molar-refractivity contribution in [2.24, 2.45) is 0 Å². The number of benzene rings is 1. The molecular formula is C11H7Br2ClN2O2S. The molecule has 0 aliphatic heterocycles. The predicted octanol–water partition coefficient (Wildman–Crippen LogP) is 4.06. The first-order valence-corrected chi connectivity index (χ1v) is 8.43. The zero-order chi connectivity index (χ0) is 14.0. The fraction of sp³-hybridized carbons (Fsp3) is 0. The van der Waals surface area contributed by atoms with Gasteiger partial charge >= 0.3 is 0 Å². The van der Waals surface area contributed by atoms with Gasteiger partial charge in [-0.15, -0.1) is 0 Å². The van der Waals surface area contributed by atoms with Crippen molar-refractivity contribution >= 4 is 59.2 Å². The van der Waals surface area contributed by atoms with E-state index in [2.05, 4.69) is 41.6 Å². The van der Waals surface area contributed by atoms with Gasteiger partial charge in [-0.1, -0.05) is 23.7 Å². The molecule has 0 fully saturated rings. The van der Waals surface area contributed by atoms with Crippen molar-refractivity contribution < 1.29 is 8.42 Å². The molecule has 0 aliphatic carbocycles. The Bertz CT molecular complexity index is 722. The summed E-state index contributed by atoms with van der Waals surface area (Å²) in [6.07, 6.45) is 1.35. The van der Waals surface area contributed by atoms with E-state index in [0.717, 1.165) is 0 Å². The molecule has 2 rings (SSSR count). The minimum absolute atomic E-state index is 0.154. The highest BCUT2D eigenvalue weighted by Crippen LogP contribution is 2.26. The summed E-state index contributed by atoms with van der Waals surface area (Å²) < 4.78 is 27.8. The number of nitrogens with one attached hydrogen (secondary N) is 1. The van der Waals surface area contributed by atoms with Crippen LogP contribution in [-0.2, 0) is 10.0 Å². The zero-order valence-corrected chi connectivity index (χ0v) is 14.0. The van der Waals surface area contributed by atoms with Gasteiger partial charge in [-0.25, -0.2) is 13.4 Å². The van der Waals surface area contributed by atoms with Crippen LogP contribution in [0.5, 0.6) is 0 Å². The van der Waals surface area contributed by atoms with Crippen molar-refractivity contribution in [1.29, 1.82) is 0 Å². The van der Waals surface area contributed by atoms with Crippen LogP contribution in [0.4, 0.5) is 5.69 Å². The van der Waals surface area contributed by atoms with E-state index >= 15 is 0 Å². The molecule has 1 heterocycles. The van der Waals surface area contributed by atoms with Crippen LogP contribution < -0.4 is 4.72 Å². The molecule has 0 atom stereocenters. The highest BCUT2D eigenvalue weighted by atomic mass is 79.9. The van der Waals surface area contributed by atoms with Gasteiger partial charge in [0.2, 0.25) is 0 Å². The Morgan fingerprint density at radius 2 is 1.84 bits per heavy atom. The molecule has 0 aliphatic rings. The number of sulfonamides is 1. The van der Waals surface area contributed by atoms with Gasteiger partial charge in [0.15, 0.2) is 0 Å². The number of halogens is 3. The third-order valence-electron chi connectivity index (χ3n) is 2.17. The second-order valence-electron chi connectivity index (χ2n) is 3.53. The van der Waals surface area contributed by atoms with Gasteiger partial charge in [0.05, 0.1) is 16.4 Å². The van der Waals surface area contributed by atoms with Gasteiger partial charge in [-0.2, -0.15) is 0 Å². The predicted molar refractivity (Wildman–Crippen MR) is 81.9 cm³/mol. The van der Waals surface area contributed by atoms with Crippen LogP contribution in [-0.4, -0.2) is 13.4 Å². The van der Waals surface area contributed by atoms with Gasteiger partial charge in [0.1, 0.15) is 10.0 Å². The second-order valence-corrected chi connectivity index (χ2v) is 7.25. The third kappa shape index (κ3) is 3.47. The van der Waals surface area contributed by atoms with Crippen molar-refractivity contribution in [3.63, 3.8) is 0 Å². The van der Waals surface area contributed by atoms with E-state index in [1.807, 2.05) is 0 Å². The minimum Gasteiger partial charge on any atom is -0.278 e. The van der Waals surface area contributed by atoms with E-state index in [1.54, 1.807) is 24.3 Å². The monoisotopic (exact) mass is 424 g/mol. The Morgan fingerprint density at radius 1 is 1.16 bits per heavy atom. The van der Waals surface area contributed by atoms with E-state index in [0.29, 0.717) is 14.6 Å². The number of hydrogen-bond acceptors (Lipinski definition) is 3. The Morgan fingerprint density at radius 3 is 2.47 bits per heavy atom. The fourth-order valence-electron chi connectivity index (χ4n) is 1.35.